The fourth-order valence-corrected chi connectivity index (χ4v) is 2.71. The number of hydrogen-bond donors (Lipinski definition) is 1. The highest BCUT2D eigenvalue weighted by atomic mass is 32.2. The number of nitrogens with one attached hydrogen (secondary N) is 1. The van der Waals surface area contributed by atoms with Gasteiger partial charge in [0, 0.05) is 11.8 Å². The number of esters is 1. The highest BCUT2D eigenvalue weighted by molar-refractivity contribution is 8.13. The summed E-state index contributed by atoms with van der Waals surface area (Å²) < 4.78 is 4.87. The topological polar surface area (TPSA) is 50.7 Å². The molecule has 0 aliphatic carbocycles. The van der Waals surface area contributed by atoms with Crippen molar-refractivity contribution < 1.29 is 9.53 Å². The molecule has 1 heterocycles. The molecule has 0 aromatic carbocycles. The molecule has 0 amide bonds. The monoisotopic (exact) mass is 272 g/mol. The van der Waals surface area contributed by atoms with E-state index in [2.05, 4.69) is 31.1 Å². The largest absolute Gasteiger partial charge is 0.466 e. The lowest BCUT2D eigenvalue weighted by Crippen LogP contribution is -2.46. The maximum atomic E-state index is 11.2. The number of nitrogens with zero attached hydrogens (tertiary/aromatic N) is 1. The molecule has 1 fully saturated rings. The van der Waals surface area contributed by atoms with Crippen LogP contribution in [-0.4, -0.2) is 36.1 Å². The summed E-state index contributed by atoms with van der Waals surface area (Å²) in [6.07, 6.45) is 1.52. The lowest BCUT2D eigenvalue weighted by atomic mass is 9.85. The Labute approximate surface area is 114 Å². The Hall–Kier alpha value is -0.710. The number of aliphatic imine (C=N–C) groups is 1. The van der Waals surface area contributed by atoms with Gasteiger partial charge in [0.2, 0.25) is 0 Å². The minimum Gasteiger partial charge on any atom is -0.466 e. The first kappa shape index (κ1) is 15.3. The molecule has 0 spiro atoms. The number of thioether (sulfide) groups is 1. The van der Waals surface area contributed by atoms with Crippen molar-refractivity contribution in [3.05, 3.63) is 0 Å². The first-order chi connectivity index (χ1) is 8.43. The smallest absolute Gasteiger partial charge is 0.307 e. The number of amidine groups is 1. The Balaban J connectivity index is 2.39. The Bertz CT molecular complexity index is 311. The summed E-state index contributed by atoms with van der Waals surface area (Å²) in [6, 6.07) is 0.458. The first-order valence-corrected chi connectivity index (χ1v) is 7.51. The van der Waals surface area contributed by atoms with Gasteiger partial charge in [0.15, 0.2) is 5.17 Å². The van der Waals surface area contributed by atoms with E-state index >= 15 is 0 Å². The van der Waals surface area contributed by atoms with Crippen LogP contribution in [0.5, 0.6) is 0 Å². The summed E-state index contributed by atoms with van der Waals surface area (Å²) >= 11 is 1.73. The molecule has 0 aromatic rings. The van der Waals surface area contributed by atoms with E-state index < -0.39 is 0 Å². The summed E-state index contributed by atoms with van der Waals surface area (Å²) in [7, 11) is 0. The SMILES string of the molecule is CCOC(=O)CCN=C1NC(C(C)(C)C)CCS1. The van der Waals surface area contributed by atoms with Crippen LogP contribution >= 0.6 is 11.8 Å². The highest BCUT2D eigenvalue weighted by Crippen LogP contribution is 2.27. The molecule has 0 aromatic heterocycles. The second-order valence-electron chi connectivity index (χ2n) is 5.44. The number of carbonyl (C=O) groups is 1. The van der Waals surface area contributed by atoms with Crippen molar-refractivity contribution in [3.8, 4) is 0 Å². The van der Waals surface area contributed by atoms with Crippen LogP contribution in [0.15, 0.2) is 4.99 Å². The molecule has 5 heteroatoms. The molecular weight excluding hydrogens is 248 g/mol. The summed E-state index contributed by atoms with van der Waals surface area (Å²) in [4.78, 5) is 15.6. The van der Waals surface area contributed by atoms with Gasteiger partial charge in [-0.1, -0.05) is 32.5 Å². The Morgan fingerprint density at radius 3 is 2.89 bits per heavy atom. The van der Waals surface area contributed by atoms with E-state index in [1.807, 2.05) is 6.92 Å². The van der Waals surface area contributed by atoms with Crippen molar-refractivity contribution in [3.63, 3.8) is 0 Å². The average molecular weight is 272 g/mol. The average Bonchev–Trinajstić information content (AvgIpc) is 2.29. The van der Waals surface area contributed by atoms with Crippen molar-refractivity contribution >= 4 is 22.9 Å². The fraction of sp³-hybridized carbons (Fsp3) is 0.846. The molecule has 1 unspecified atom stereocenters. The molecule has 0 radical (unpaired) electrons. The van der Waals surface area contributed by atoms with Gasteiger partial charge in [-0.3, -0.25) is 9.79 Å². The van der Waals surface area contributed by atoms with Gasteiger partial charge in [-0.2, -0.15) is 0 Å². The van der Waals surface area contributed by atoms with Gasteiger partial charge >= 0.3 is 5.97 Å². The van der Waals surface area contributed by atoms with Gasteiger partial charge in [-0.05, 0) is 18.8 Å². The minimum atomic E-state index is -0.171. The van der Waals surface area contributed by atoms with Crippen LogP contribution in [0, 0.1) is 5.41 Å². The van der Waals surface area contributed by atoms with E-state index in [0.717, 1.165) is 17.3 Å². The van der Waals surface area contributed by atoms with Gasteiger partial charge in [0.25, 0.3) is 0 Å². The van der Waals surface area contributed by atoms with Crippen molar-refractivity contribution in [1.82, 2.24) is 5.32 Å². The molecule has 1 N–H and O–H groups in total. The third-order valence-corrected chi connectivity index (χ3v) is 3.83. The lowest BCUT2D eigenvalue weighted by Gasteiger charge is -2.35. The molecule has 18 heavy (non-hydrogen) atoms. The molecule has 4 nitrogen and oxygen atoms in total. The molecule has 1 aliphatic heterocycles. The van der Waals surface area contributed by atoms with Gasteiger partial charge in [0.1, 0.15) is 0 Å². The highest BCUT2D eigenvalue weighted by Gasteiger charge is 2.28. The van der Waals surface area contributed by atoms with Gasteiger partial charge in [0.05, 0.1) is 19.6 Å². The molecule has 1 rings (SSSR count). The van der Waals surface area contributed by atoms with Crippen LogP contribution in [0.25, 0.3) is 0 Å². The minimum absolute atomic E-state index is 0.171. The number of hydrogen-bond acceptors (Lipinski definition) is 4. The third kappa shape index (κ3) is 5.29. The van der Waals surface area contributed by atoms with Gasteiger partial charge < -0.3 is 10.1 Å². The van der Waals surface area contributed by atoms with Gasteiger partial charge in [-0.15, -0.1) is 0 Å². The van der Waals surface area contributed by atoms with Crippen molar-refractivity contribution in [2.45, 2.75) is 46.6 Å². The van der Waals surface area contributed by atoms with Crippen LogP contribution in [0.1, 0.15) is 40.5 Å². The maximum Gasteiger partial charge on any atom is 0.307 e. The van der Waals surface area contributed by atoms with Crippen molar-refractivity contribution in [2.24, 2.45) is 10.4 Å². The predicted octanol–water partition coefficient (Wildman–Crippen LogP) is 2.44. The first-order valence-electron chi connectivity index (χ1n) is 6.53. The normalized spacial score (nSPS) is 22.7. The molecule has 104 valence electrons. The summed E-state index contributed by atoms with van der Waals surface area (Å²) in [5.74, 6) is 0.919. The Morgan fingerprint density at radius 1 is 1.56 bits per heavy atom. The Morgan fingerprint density at radius 2 is 2.28 bits per heavy atom. The molecule has 1 saturated heterocycles. The number of rotatable bonds is 4. The standard InChI is InChI=1S/C13H24N2O2S/c1-5-17-11(16)6-8-14-12-15-10(7-9-18-12)13(2,3)4/h10H,5-9H2,1-4H3,(H,14,15). The van der Waals surface area contributed by atoms with E-state index in [-0.39, 0.29) is 11.4 Å². The summed E-state index contributed by atoms with van der Waals surface area (Å²) in [6.45, 7) is 9.46. The zero-order chi connectivity index (χ0) is 13.6. The third-order valence-electron chi connectivity index (χ3n) is 2.87. The lowest BCUT2D eigenvalue weighted by molar-refractivity contribution is -0.142. The molecule has 0 bridgehead atoms. The zero-order valence-corrected chi connectivity index (χ0v) is 12.6. The van der Waals surface area contributed by atoms with Crippen LogP contribution in [0.3, 0.4) is 0 Å². The van der Waals surface area contributed by atoms with Crippen molar-refractivity contribution in [2.75, 3.05) is 18.9 Å². The summed E-state index contributed by atoms with van der Waals surface area (Å²) in [5.41, 5.74) is 0.239. The van der Waals surface area contributed by atoms with E-state index in [1.54, 1.807) is 11.8 Å². The van der Waals surface area contributed by atoms with Gasteiger partial charge in [-0.25, -0.2) is 0 Å². The quantitative estimate of drug-likeness (QED) is 0.799. The van der Waals surface area contributed by atoms with E-state index in [4.69, 9.17) is 4.74 Å². The Kier molecular flexibility index (Phi) is 5.99. The van der Waals surface area contributed by atoms with E-state index in [0.29, 0.717) is 25.6 Å². The van der Waals surface area contributed by atoms with Crippen LogP contribution in [-0.2, 0) is 9.53 Å². The molecule has 0 saturated carbocycles. The molecular formula is C13H24N2O2S. The fourth-order valence-electron chi connectivity index (χ4n) is 1.76. The molecule has 1 atom stereocenters. The van der Waals surface area contributed by atoms with E-state index in [9.17, 15) is 4.79 Å². The van der Waals surface area contributed by atoms with E-state index in [1.165, 1.54) is 0 Å². The van der Waals surface area contributed by atoms with Crippen LogP contribution in [0.2, 0.25) is 0 Å². The van der Waals surface area contributed by atoms with Crippen molar-refractivity contribution in [1.29, 1.82) is 0 Å². The summed E-state index contributed by atoms with van der Waals surface area (Å²) in [5, 5.41) is 4.42. The number of ether oxygens (including phenoxy) is 1. The second-order valence-corrected chi connectivity index (χ2v) is 6.53. The number of carbonyl (C=O) groups excluding carboxylic acids is 1. The maximum absolute atomic E-state index is 11.2. The second kappa shape index (κ2) is 7.02. The van der Waals surface area contributed by atoms with Crippen LogP contribution in [0.4, 0.5) is 0 Å². The molecule has 1 aliphatic rings. The zero-order valence-electron chi connectivity index (χ0n) is 11.8. The van der Waals surface area contributed by atoms with Crippen LogP contribution < -0.4 is 5.32 Å². The predicted molar refractivity (Wildman–Crippen MR) is 77.0 cm³/mol.